The van der Waals surface area contributed by atoms with Crippen LogP contribution in [0.25, 0.3) is 10.2 Å². The van der Waals surface area contributed by atoms with Gasteiger partial charge in [0, 0.05) is 22.6 Å². The number of benzene rings is 1. The minimum atomic E-state index is 0.0217. The molecule has 6 heteroatoms. The summed E-state index contributed by atoms with van der Waals surface area (Å²) in [5.41, 5.74) is 2.23. The molecule has 1 aromatic carbocycles. The fourth-order valence-electron chi connectivity index (χ4n) is 3.42. The summed E-state index contributed by atoms with van der Waals surface area (Å²) in [6.07, 6.45) is 0.971. The Hall–Kier alpha value is -1.79. The second kappa shape index (κ2) is 7.08. The zero-order valence-electron chi connectivity index (χ0n) is 15.3. The number of fused-ring (bicyclic) bond motifs is 2. The number of nitrogens with one attached hydrogen (secondary N) is 1. The normalized spacial score (nSPS) is 16.8. The van der Waals surface area contributed by atoms with Crippen molar-refractivity contribution in [3.8, 4) is 0 Å². The van der Waals surface area contributed by atoms with Crippen LogP contribution in [0.3, 0.4) is 0 Å². The molecule has 0 saturated carbocycles. The molecule has 2 aromatic heterocycles. The summed E-state index contributed by atoms with van der Waals surface area (Å²) in [7, 11) is 0. The molecule has 0 radical (unpaired) electrons. The first-order valence-electron chi connectivity index (χ1n) is 9.02. The summed E-state index contributed by atoms with van der Waals surface area (Å²) in [6.45, 7) is 7.26. The molecule has 26 heavy (non-hydrogen) atoms. The predicted molar refractivity (Wildman–Crippen MR) is 109 cm³/mol. The Bertz CT molecular complexity index is 957. The Morgan fingerprint density at radius 3 is 3.00 bits per heavy atom. The number of carbonyl (C=O) groups is 1. The molecule has 0 spiro atoms. The number of aryl methyl sites for hydroxylation is 1. The maximum absolute atomic E-state index is 12.9. The van der Waals surface area contributed by atoms with Crippen molar-refractivity contribution in [2.45, 2.75) is 44.7 Å². The molecular weight excluding hydrogens is 362 g/mol. The highest BCUT2D eigenvalue weighted by atomic mass is 32.2. The number of hydrogen-bond donors (Lipinski definition) is 1. The van der Waals surface area contributed by atoms with Crippen molar-refractivity contribution >= 4 is 39.2 Å². The zero-order valence-corrected chi connectivity index (χ0v) is 16.9. The molecule has 0 bridgehead atoms. The van der Waals surface area contributed by atoms with Crippen LogP contribution in [0.4, 0.5) is 0 Å². The van der Waals surface area contributed by atoms with Gasteiger partial charge in [-0.25, -0.2) is 0 Å². The van der Waals surface area contributed by atoms with Crippen LogP contribution in [0, 0.1) is 12.8 Å². The van der Waals surface area contributed by atoms with Gasteiger partial charge in [-0.3, -0.25) is 9.48 Å². The highest BCUT2D eigenvalue weighted by molar-refractivity contribution is 7.99. The van der Waals surface area contributed by atoms with Gasteiger partial charge in [-0.1, -0.05) is 32.0 Å². The minimum Gasteiger partial charge on any atom is -0.344 e. The molecule has 0 fully saturated rings. The highest BCUT2D eigenvalue weighted by Crippen LogP contribution is 2.36. The molecule has 136 valence electrons. The lowest BCUT2D eigenvalue weighted by Crippen LogP contribution is -2.30. The first-order chi connectivity index (χ1) is 12.5. The van der Waals surface area contributed by atoms with Crippen LogP contribution in [-0.2, 0) is 6.54 Å². The van der Waals surface area contributed by atoms with Gasteiger partial charge in [0.15, 0.2) is 0 Å². The van der Waals surface area contributed by atoms with Crippen molar-refractivity contribution in [3.05, 3.63) is 46.5 Å². The second-order valence-electron chi connectivity index (χ2n) is 7.19. The summed E-state index contributed by atoms with van der Waals surface area (Å²) < 4.78 is 2.04. The Morgan fingerprint density at radius 1 is 1.38 bits per heavy atom. The van der Waals surface area contributed by atoms with E-state index >= 15 is 0 Å². The summed E-state index contributed by atoms with van der Waals surface area (Å²) in [6, 6.07) is 10.5. The summed E-state index contributed by atoms with van der Waals surface area (Å²) >= 11 is 3.42. The van der Waals surface area contributed by atoms with Gasteiger partial charge in [0.2, 0.25) is 0 Å². The van der Waals surface area contributed by atoms with Gasteiger partial charge in [0.05, 0.1) is 16.6 Å². The van der Waals surface area contributed by atoms with E-state index in [0.29, 0.717) is 5.92 Å². The van der Waals surface area contributed by atoms with Gasteiger partial charge in [0.25, 0.3) is 5.91 Å². The average molecular weight is 386 g/mol. The van der Waals surface area contributed by atoms with E-state index in [2.05, 4.69) is 42.5 Å². The fourth-order valence-corrected chi connectivity index (χ4v) is 5.61. The summed E-state index contributed by atoms with van der Waals surface area (Å²) in [5.74, 6) is 1.58. The van der Waals surface area contributed by atoms with Crippen LogP contribution in [0.15, 0.2) is 35.2 Å². The lowest BCUT2D eigenvalue weighted by atomic mass is 10.0. The molecule has 1 amide bonds. The van der Waals surface area contributed by atoms with E-state index in [4.69, 9.17) is 0 Å². The topological polar surface area (TPSA) is 46.9 Å². The first-order valence-corrected chi connectivity index (χ1v) is 10.8. The van der Waals surface area contributed by atoms with Crippen molar-refractivity contribution in [2.24, 2.45) is 5.92 Å². The molecule has 4 nitrogen and oxygen atoms in total. The van der Waals surface area contributed by atoms with Crippen molar-refractivity contribution in [1.82, 2.24) is 15.1 Å². The number of amides is 1. The van der Waals surface area contributed by atoms with Gasteiger partial charge in [0.1, 0.15) is 4.83 Å². The summed E-state index contributed by atoms with van der Waals surface area (Å²) in [5, 5.41) is 8.98. The molecule has 1 atom stereocenters. The van der Waals surface area contributed by atoms with Crippen LogP contribution in [0.5, 0.6) is 0 Å². The number of hydrogen-bond acceptors (Lipinski definition) is 4. The van der Waals surface area contributed by atoms with Gasteiger partial charge < -0.3 is 5.32 Å². The largest absolute Gasteiger partial charge is 0.344 e. The standard InChI is InChI=1S/C20H23N3OS2/c1-12(2)11-23-20-15(13(3)22-23)10-18(26-20)19(24)21-16-8-9-25-17-7-5-4-6-14(16)17/h4-7,10,12,16H,8-9,11H2,1-3H3,(H,21,24)/t16-/m1/s1. The van der Waals surface area contributed by atoms with Gasteiger partial charge in [-0.15, -0.1) is 23.1 Å². The number of thioether (sulfide) groups is 1. The molecule has 3 aromatic rings. The average Bonchev–Trinajstić information content (AvgIpc) is 3.17. The van der Waals surface area contributed by atoms with E-state index in [0.717, 1.165) is 39.5 Å². The van der Waals surface area contributed by atoms with Crippen LogP contribution >= 0.6 is 23.1 Å². The Kier molecular flexibility index (Phi) is 4.80. The first kappa shape index (κ1) is 17.6. The molecule has 1 aliphatic rings. The number of nitrogens with zero attached hydrogens (tertiary/aromatic N) is 2. The lowest BCUT2D eigenvalue weighted by Gasteiger charge is -2.25. The van der Waals surface area contributed by atoms with E-state index in [-0.39, 0.29) is 11.9 Å². The summed E-state index contributed by atoms with van der Waals surface area (Å²) in [4.78, 5) is 16.0. The number of thiophene rings is 1. The van der Waals surface area contributed by atoms with Crippen LogP contribution in [0.2, 0.25) is 0 Å². The van der Waals surface area contributed by atoms with Gasteiger partial charge in [-0.05, 0) is 37.0 Å². The number of rotatable bonds is 4. The van der Waals surface area contributed by atoms with E-state index in [1.54, 1.807) is 11.3 Å². The Labute approximate surface area is 162 Å². The molecule has 4 rings (SSSR count). The SMILES string of the molecule is Cc1nn(CC(C)C)c2sc(C(=O)N[C@@H]3CCSc4ccccc43)cc12. The van der Waals surface area contributed by atoms with E-state index in [1.165, 1.54) is 10.5 Å². The van der Waals surface area contributed by atoms with E-state index < -0.39 is 0 Å². The van der Waals surface area contributed by atoms with Crippen molar-refractivity contribution in [1.29, 1.82) is 0 Å². The smallest absolute Gasteiger partial charge is 0.261 e. The van der Waals surface area contributed by atoms with Gasteiger partial charge in [-0.2, -0.15) is 5.10 Å². The maximum atomic E-state index is 12.9. The minimum absolute atomic E-state index is 0.0217. The molecule has 0 saturated heterocycles. The van der Waals surface area contributed by atoms with Crippen molar-refractivity contribution < 1.29 is 4.79 Å². The molecule has 0 aliphatic carbocycles. The maximum Gasteiger partial charge on any atom is 0.261 e. The zero-order chi connectivity index (χ0) is 18.3. The molecular formula is C20H23N3OS2. The Morgan fingerprint density at radius 2 is 2.19 bits per heavy atom. The van der Waals surface area contributed by atoms with Gasteiger partial charge >= 0.3 is 0 Å². The third-order valence-corrected chi connectivity index (χ3v) is 6.90. The second-order valence-corrected chi connectivity index (χ2v) is 9.36. The number of aromatic nitrogens is 2. The highest BCUT2D eigenvalue weighted by Gasteiger charge is 2.24. The van der Waals surface area contributed by atoms with Crippen LogP contribution < -0.4 is 5.32 Å². The molecule has 1 aliphatic heterocycles. The third-order valence-electron chi connectivity index (χ3n) is 4.63. The van der Waals surface area contributed by atoms with Crippen LogP contribution in [-0.4, -0.2) is 21.4 Å². The molecule has 3 heterocycles. The van der Waals surface area contributed by atoms with Crippen LogP contribution in [0.1, 0.15) is 47.2 Å². The number of carbonyl (C=O) groups excluding carboxylic acids is 1. The van der Waals surface area contributed by atoms with Crippen molar-refractivity contribution in [2.75, 3.05) is 5.75 Å². The monoisotopic (exact) mass is 385 g/mol. The molecule has 0 unspecified atom stereocenters. The third kappa shape index (κ3) is 3.28. The quantitative estimate of drug-likeness (QED) is 0.685. The Balaban J connectivity index is 1.59. The molecule has 1 N–H and O–H groups in total. The fraction of sp³-hybridized carbons (Fsp3) is 0.400. The van der Waals surface area contributed by atoms with E-state index in [1.807, 2.05) is 35.5 Å². The lowest BCUT2D eigenvalue weighted by molar-refractivity contribution is 0.0939. The predicted octanol–water partition coefficient (Wildman–Crippen LogP) is 5.03. The van der Waals surface area contributed by atoms with E-state index in [9.17, 15) is 4.79 Å². The van der Waals surface area contributed by atoms with Crippen molar-refractivity contribution in [3.63, 3.8) is 0 Å².